The number of rotatable bonds is 22. The van der Waals surface area contributed by atoms with Gasteiger partial charge in [0.2, 0.25) is 0 Å². The molecule has 2 aliphatic rings. The Morgan fingerprint density at radius 3 is 1.29 bits per heavy atom. The highest BCUT2D eigenvalue weighted by atomic mass is 16.7. The first kappa shape index (κ1) is 45.5. The van der Waals surface area contributed by atoms with Crippen molar-refractivity contribution in [2.75, 3.05) is 34.5 Å². The fourth-order valence-electron chi connectivity index (χ4n) is 7.74. The van der Waals surface area contributed by atoms with E-state index in [0.29, 0.717) is 13.2 Å². The van der Waals surface area contributed by atoms with Gasteiger partial charge in [0, 0.05) is 14.2 Å². The Bertz CT molecular complexity index is 1970. The van der Waals surface area contributed by atoms with E-state index >= 15 is 0 Å². The average Bonchev–Trinajstić information content (AvgIpc) is 3.32. The molecule has 12 nitrogen and oxygen atoms in total. The largest absolute Gasteiger partial charge is 0.497 e. The Kier molecular flexibility index (Phi) is 17.4. The first-order valence-corrected chi connectivity index (χ1v) is 21.0. The van der Waals surface area contributed by atoms with E-state index in [1.807, 2.05) is 146 Å². The highest BCUT2D eigenvalue weighted by molar-refractivity contribution is 5.27. The molecule has 0 aliphatic carbocycles. The topological polar surface area (TPSA) is 122 Å². The number of hydrogen-bond acceptors (Lipinski definition) is 12. The predicted octanol–water partition coefficient (Wildman–Crippen LogP) is 7.04. The minimum absolute atomic E-state index is 0.0645. The van der Waals surface area contributed by atoms with Crippen LogP contribution in [-0.2, 0) is 80.4 Å². The van der Waals surface area contributed by atoms with Crippen LogP contribution in [0.15, 0.2) is 146 Å². The van der Waals surface area contributed by atoms with Gasteiger partial charge in [-0.1, -0.05) is 133 Å². The molecule has 1 unspecified atom stereocenters. The van der Waals surface area contributed by atoms with E-state index in [9.17, 15) is 5.11 Å². The van der Waals surface area contributed by atoms with Gasteiger partial charge < -0.3 is 57.2 Å². The molecule has 10 atom stereocenters. The molecule has 62 heavy (non-hydrogen) atoms. The molecule has 0 saturated carbocycles. The van der Waals surface area contributed by atoms with Gasteiger partial charge in [0.15, 0.2) is 12.6 Å². The van der Waals surface area contributed by atoms with Crippen LogP contribution in [0, 0.1) is 0 Å². The zero-order valence-electron chi connectivity index (χ0n) is 35.5. The number of hydrogen-bond donors (Lipinski definition) is 1. The van der Waals surface area contributed by atoms with Gasteiger partial charge in [-0.25, -0.2) is 0 Å². The lowest BCUT2D eigenvalue weighted by Crippen LogP contribution is -2.66. The summed E-state index contributed by atoms with van der Waals surface area (Å²) in [5.41, 5.74) is 4.81. The van der Waals surface area contributed by atoms with Crippen LogP contribution in [0.4, 0.5) is 0 Å². The summed E-state index contributed by atoms with van der Waals surface area (Å²) in [5.74, 6) is 0.746. The number of aliphatic hydroxyl groups excluding tert-OH is 1. The lowest BCUT2D eigenvalue weighted by Gasteiger charge is -2.49. The van der Waals surface area contributed by atoms with Gasteiger partial charge in [0.25, 0.3) is 0 Å². The van der Waals surface area contributed by atoms with Crippen LogP contribution in [0.1, 0.15) is 27.8 Å². The van der Waals surface area contributed by atoms with Gasteiger partial charge in [0.05, 0.1) is 53.4 Å². The smallest absolute Gasteiger partial charge is 0.187 e. The van der Waals surface area contributed by atoms with Crippen LogP contribution in [-0.4, -0.2) is 101 Å². The van der Waals surface area contributed by atoms with Crippen molar-refractivity contribution in [3.8, 4) is 5.75 Å². The van der Waals surface area contributed by atoms with Crippen molar-refractivity contribution in [3.63, 3.8) is 0 Å². The summed E-state index contributed by atoms with van der Waals surface area (Å²) >= 11 is 0. The van der Waals surface area contributed by atoms with Crippen LogP contribution >= 0.6 is 0 Å². The molecule has 2 saturated heterocycles. The zero-order valence-corrected chi connectivity index (χ0v) is 35.5. The van der Waals surface area contributed by atoms with Crippen LogP contribution in [0.2, 0.25) is 0 Å². The molecule has 2 aliphatic heterocycles. The maximum atomic E-state index is 11.5. The van der Waals surface area contributed by atoms with Crippen LogP contribution < -0.4 is 4.74 Å². The first-order chi connectivity index (χ1) is 30.5. The lowest BCUT2D eigenvalue weighted by atomic mass is 9.96. The van der Waals surface area contributed by atoms with Gasteiger partial charge in [-0.05, 0) is 39.9 Å². The molecule has 0 bridgehead atoms. The van der Waals surface area contributed by atoms with Crippen molar-refractivity contribution >= 4 is 0 Å². The van der Waals surface area contributed by atoms with Crippen LogP contribution in [0.3, 0.4) is 0 Å². The minimum Gasteiger partial charge on any atom is -0.497 e. The van der Waals surface area contributed by atoms with Gasteiger partial charge in [-0.15, -0.1) is 0 Å². The highest BCUT2D eigenvalue weighted by Gasteiger charge is 2.53. The number of benzene rings is 5. The first-order valence-electron chi connectivity index (χ1n) is 21.0. The molecule has 12 heteroatoms. The third-order valence-corrected chi connectivity index (χ3v) is 11.0. The minimum atomic E-state index is -1.35. The van der Waals surface area contributed by atoms with Crippen molar-refractivity contribution in [1.29, 1.82) is 0 Å². The predicted molar refractivity (Wildman–Crippen MR) is 230 cm³/mol. The lowest BCUT2D eigenvalue weighted by molar-refractivity contribution is -0.370. The van der Waals surface area contributed by atoms with Crippen LogP contribution in [0.25, 0.3) is 0 Å². The Labute approximate surface area is 364 Å². The second kappa shape index (κ2) is 23.8. The number of methoxy groups -OCH3 is 3. The summed E-state index contributed by atoms with van der Waals surface area (Å²) in [5, 5.41) is 11.5. The Hall–Kier alpha value is -4.54. The maximum absolute atomic E-state index is 11.5. The summed E-state index contributed by atoms with van der Waals surface area (Å²) in [7, 11) is 4.83. The summed E-state index contributed by atoms with van der Waals surface area (Å²) in [6.07, 6.45) is -8.75. The van der Waals surface area contributed by atoms with E-state index in [1.165, 1.54) is 0 Å². The van der Waals surface area contributed by atoms with E-state index in [2.05, 4.69) is 0 Å². The van der Waals surface area contributed by atoms with E-state index in [-0.39, 0.29) is 33.0 Å². The molecule has 0 aromatic heterocycles. The molecule has 5 aromatic rings. The summed E-state index contributed by atoms with van der Waals surface area (Å²) in [6, 6.07) is 47.0. The van der Waals surface area contributed by atoms with E-state index in [1.54, 1.807) is 21.3 Å². The Balaban J connectivity index is 1.19. The standard InChI is InChI=1S/C50H58O12/c1-52-40-26-24-39(25-27-40)32-57-43-41(33-55-28-35-16-8-4-9-17-35)61-50(48(45(43)53-2)59-31-38-22-14-7-15-23-38)62-44-42(34-56-29-36-18-10-5-11-19-36)60-49(51)47(46(44)54-3)58-30-37-20-12-6-13-21-37/h4-27,41-51H,28-34H2,1-3H3/t41-,42-,43-,44-,45+,46+,47+,48+,49+,50?/m1/s1. The Morgan fingerprint density at radius 1 is 0.419 bits per heavy atom. The highest BCUT2D eigenvalue weighted by Crippen LogP contribution is 2.35. The van der Waals surface area contributed by atoms with Gasteiger partial charge in [0.1, 0.15) is 54.6 Å². The fourth-order valence-corrected chi connectivity index (χ4v) is 7.74. The molecule has 2 heterocycles. The molecular weight excluding hydrogens is 793 g/mol. The van der Waals surface area contributed by atoms with E-state index in [4.69, 9.17) is 52.1 Å². The van der Waals surface area contributed by atoms with Crippen molar-refractivity contribution in [2.24, 2.45) is 0 Å². The van der Waals surface area contributed by atoms with Crippen LogP contribution in [0.5, 0.6) is 5.75 Å². The molecule has 7 rings (SSSR count). The molecule has 0 amide bonds. The maximum Gasteiger partial charge on any atom is 0.187 e. The Morgan fingerprint density at radius 2 is 0.823 bits per heavy atom. The van der Waals surface area contributed by atoms with Gasteiger partial charge >= 0.3 is 0 Å². The van der Waals surface area contributed by atoms with Crippen molar-refractivity contribution < 1.29 is 57.2 Å². The van der Waals surface area contributed by atoms with E-state index in [0.717, 1.165) is 33.6 Å². The van der Waals surface area contributed by atoms with E-state index < -0.39 is 61.4 Å². The average molecular weight is 851 g/mol. The molecule has 1 N–H and O–H groups in total. The number of aliphatic hydroxyl groups is 1. The second-order valence-electron chi connectivity index (χ2n) is 15.3. The monoisotopic (exact) mass is 850 g/mol. The third kappa shape index (κ3) is 12.6. The molecular formula is C50H58O12. The molecule has 0 radical (unpaired) electrons. The van der Waals surface area contributed by atoms with Crippen molar-refractivity contribution in [3.05, 3.63) is 173 Å². The summed E-state index contributed by atoms with van der Waals surface area (Å²) in [6.45, 7) is 1.57. The summed E-state index contributed by atoms with van der Waals surface area (Å²) in [4.78, 5) is 0. The third-order valence-electron chi connectivity index (χ3n) is 11.0. The quantitative estimate of drug-likeness (QED) is 0.0769. The number of ether oxygens (including phenoxy) is 11. The summed E-state index contributed by atoms with van der Waals surface area (Å²) < 4.78 is 70.6. The van der Waals surface area contributed by atoms with Crippen molar-refractivity contribution in [1.82, 2.24) is 0 Å². The van der Waals surface area contributed by atoms with Gasteiger partial charge in [-0.2, -0.15) is 0 Å². The molecule has 330 valence electrons. The molecule has 0 spiro atoms. The SMILES string of the molecule is COc1ccc(CO[C@H]2[C@H](OC)[C@H](OCc3ccccc3)C(O[C@H]3[C@H](OC)[C@H](OCc4ccccc4)[C@@H](O)O[C@@H]3COCc3ccccc3)O[C@@H]2COCc2ccccc2)cc1. The normalized spacial score (nSPS) is 26.3. The second-order valence-corrected chi connectivity index (χ2v) is 15.3. The molecule has 2 fully saturated rings. The van der Waals surface area contributed by atoms with Gasteiger partial charge in [-0.3, -0.25) is 0 Å². The zero-order chi connectivity index (χ0) is 42.9. The molecule has 5 aromatic carbocycles. The van der Waals surface area contributed by atoms with Crippen molar-refractivity contribution in [2.45, 2.75) is 94.4 Å². The fraction of sp³-hybridized carbons (Fsp3) is 0.400.